The van der Waals surface area contributed by atoms with Gasteiger partial charge in [-0.1, -0.05) is 13.8 Å². The summed E-state index contributed by atoms with van der Waals surface area (Å²) in [4.78, 5) is 24.5. The number of nitrogens with zero attached hydrogens (tertiary/aromatic N) is 1. The molecule has 8 heteroatoms. The van der Waals surface area contributed by atoms with Crippen LogP contribution in [0.3, 0.4) is 0 Å². The molecule has 1 fully saturated rings. The molecule has 1 heterocycles. The van der Waals surface area contributed by atoms with E-state index >= 15 is 0 Å². The van der Waals surface area contributed by atoms with E-state index < -0.39 is 36.6 Å². The molecule has 0 aromatic heterocycles. The highest BCUT2D eigenvalue weighted by Gasteiger charge is 2.35. The van der Waals surface area contributed by atoms with E-state index in [2.05, 4.69) is 5.32 Å². The summed E-state index contributed by atoms with van der Waals surface area (Å²) in [7, 11) is 0. The predicted octanol–water partition coefficient (Wildman–Crippen LogP) is 1.88. The van der Waals surface area contributed by atoms with E-state index in [4.69, 9.17) is 5.11 Å². The fraction of sp³-hybridized carbons (Fsp3) is 0.857. The van der Waals surface area contributed by atoms with Crippen molar-refractivity contribution in [3.63, 3.8) is 0 Å². The Morgan fingerprint density at radius 3 is 2.50 bits per heavy atom. The van der Waals surface area contributed by atoms with Gasteiger partial charge in [0.1, 0.15) is 6.04 Å². The van der Waals surface area contributed by atoms with Gasteiger partial charge in [-0.2, -0.15) is 13.2 Å². The molecule has 0 aliphatic carbocycles. The van der Waals surface area contributed by atoms with Gasteiger partial charge in [-0.25, -0.2) is 4.79 Å². The van der Waals surface area contributed by atoms with Gasteiger partial charge in [0.05, 0.1) is 12.5 Å². The lowest BCUT2D eigenvalue weighted by atomic mass is 9.96. The first-order valence-electron chi connectivity index (χ1n) is 7.40. The summed E-state index contributed by atoms with van der Waals surface area (Å²) in [6.45, 7) is 2.96. The molecule has 128 valence electrons. The molecule has 1 rings (SSSR count). The Morgan fingerprint density at radius 2 is 2.00 bits per heavy atom. The summed E-state index contributed by atoms with van der Waals surface area (Å²) < 4.78 is 37.2. The van der Waals surface area contributed by atoms with E-state index in [1.165, 1.54) is 4.90 Å². The highest BCUT2D eigenvalue weighted by molar-refractivity contribution is 5.85. The SMILES string of the molecule is CC(C)C[C@H](NC(=O)C1CCCN(CC(F)(F)F)C1)C(=O)O. The molecular weight excluding hydrogens is 301 g/mol. The van der Waals surface area contributed by atoms with Crippen molar-refractivity contribution < 1.29 is 27.9 Å². The topological polar surface area (TPSA) is 69.6 Å². The van der Waals surface area contributed by atoms with E-state index in [1.54, 1.807) is 0 Å². The third-order valence-corrected chi connectivity index (χ3v) is 3.60. The maximum atomic E-state index is 12.4. The van der Waals surface area contributed by atoms with Crippen molar-refractivity contribution in [2.24, 2.45) is 11.8 Å². The number of halogens is 3. The lowest BCUT2D eigenvalue weighted by Crippen LogP contribution is -2.49. The van der Waals surface area contributed by atoms with Crippen molar-refractivity contribution in [1.82, 2.24) is 10.2 Å². The Morgan fingerprint density at radius 1 is 1.36 bits per heavy atom. The average Bonchev–Trinajstić information content (AvgIpc) is 2.35. The number of rotatable bonds is 6. The number of nitrogens with one attached hydrogen (secondary N) is 1. The highest BCUT2D eigenvalue weighted by atomic mass is 19.4. The van der Waals surface area contributed by atoms with Crippen LogP contribution in [-0.4, -0.2) is 53.7 Å². The molecule has 2 atom stereocenters. The van der Waals surface area contributed by atoms with Crippen LogP contribution < -0.4 is 5.32 Å². The molecule has 22 heavy (non-hydrogen) atoms. The Kier molecular flexibility index (Phi) is 6.65. The number of carboxylic acids is 1. The maximum absolute atomic E-state index is 12.4. The maximum Gasteiger partial charge on any atom is 0.401 e. The summed E-state index contributed by atoms with van der Waals surface area (Å²) >= 11 is 0. The number of hydrogen-bond acceptors (Lipinski definition) is 3. The van der Waals surface area contributed by atoms with Crippen LogP contribution in [0.2, 0.25) is 0 Å². The van der Waals surface area contributed by atoms with E-state index in [0.29, 0.717) is 25.8 Å². The van der Waals surface area contributed by atoms with Crippen molar-refractivity contribution in [3.8, 4) is 0 Å². The van der Waals surface area contributed by atoms with E-state index in [1.807, 2.05) is 13.8 Å². The van der Waals surface area contributed by atoms with Crippen molar-refractivity contribution in [1.29, 1.82) is 0 Å². The quantitative estimate of drug-likeness (QED) is 0.783. The van der Waals surface area contributed by atoms with Gasteiger partial charge < -0.3 is 10.4 Å². The second-order valence-corrected chi connectivity index (χ2v) is 6.22. The number of piperidine rings is 1. The first-order valence-corrected chi connectivity index (χ1v) is 7.40. The summed E-state index contributed by atoms with van der Waals surface area (Å²) in [5.41, 5.74) is 0. The number of amides is 1. The fourth-order valence-corrected chi connectivity index (χ4v) is 2.65. The lowest BCUT2D eigenvalue weighted by molar-refractivity contribution is -0.152. The number of aliphatic carboxylic acids is 1. The molecule has 0 bridgehead atoms. The largest absolute Gasteiger partial charge is 0.480 e. The zero-order valence-corrected chi connectivity index (χ0v) is 12.8. The molecule has 5 nitrogen and oxygen atoms in total. The standard InChI is InChI=1S/C14H23F3N2O3/c1-9(2)6-11(13(21)22)18-12(20)10-4-3-5-19(7-10)8-14(15,16)17/h9-11H,3-8H2,1-2H3,(H,18,20)(H,21,22)/t10?,11-/m0/s1. The molecule has 1 aliphatic rings. The summed E-state index contributed by atoms with van der Waals surface area (Å²) in [6, 6.07) is -0.995. The third kappa shape index (κ3) is 6.64. The number of carbonyl (C=O) groups excluding carboxylic acids is 1. The predicted molar refractivity (Wildman–Crippen MR) is 74.2 cm³/mol. The number of carboxylic acid groups (broad SMARTS) is 1. The Labute approximate surface area is 127 Å². The molecule has 0 saturated carbocycles. The van der Waals surface area contributed by atoms with Crippen LogP contribution in [0, 0.1) is 11.8 Å². The van der Waals surface area contributed by atoms with Crippen LogP contribution in [0.25, 0.3) is 0 Å². The van der Waals surface area contributed by atoms with Crippen molar-refractivity contribution in [3.05, 3.63) is 0 Å². The molecular formula is C14H23F3N2O3. The molecule has 0 radical (unpaired) electrons. The zero-order chi connectivity index (χ0) is 16.9. The second-order valence-electron chi connectivity index (χ2n) is 6.22. The zero-order valence-electron chi connectivity index (χ0n) is 12.8. The molecule has 0 spiro atoms. The van der Waals surface area contributed by atoms with Crippen LogP contribution in [-0.2, 0) is 9.59 Å². The van der Waals surface area contributed by atoms with Gasteiger partial charge in [0.15, 0.2) is 0 Å². The van der Waals surface area contributed by atoms with Gasteiger partial charge in [-0.15, -0.1) is 0 Å². The molecule has 1 aliphatic heterocycles. The Hall–Kier alpha value is -1.31. The second kappa shape index (κ2) is 7.80. The smallest absolute Gasteiger partial charge is 0.401 e. The van der Waals surface area contributed by atoms with Crippen LogP contribution in [0.4, 0.5) is 13.2 Å². The molecule has 1 unspecified atom stereocenters. The van der Waals surface area contributed by atoms with Crippen molar-refractivity contribution in [2.75, 3.05) is 19.6 Å². The Balaban J connectivity index is 2.58. The average molecular weight is 324 g/mol. The minimum absolute atomic E-state index is 0.0133. The van der Waals surface area contributed by atoms with Gasteiger partial charge in [0.2, 0.25) is 5.91 Å². The van der Waals surface area contributed by atoms with E-state index in [9.17, 15) is 22.8 Å². The highest BCUT2D eigenvalue weighted by Crippen LogP contribution is 2.22. The van der Waals surface area contributed by atoms with Crippen LogP contribution >= 0.6 is 0 Å². The van der Waals surface area contributed by atoms with Crippen LogP contribution in [0.15, 0.2) is 0 Å². The lowest BCUT2D eigenvalue weighted by Gasteiger charge is -2.33. The first kappa shape index (κ1) is 18.7. The first-order chi connectivity index (χ1) is 10.1. The summed E-state index contributed by atoms with van der Waals surface area (Å²) in [5, 5.41) is 11.6. The minimum Gasteiger partial charge on any atom is -0.480 e. The summed E-state index contributed by atoms with van der Waals surface area (Å²) in [5.74, 6) is -2.09. The number of alkyl halides is 3. The molecule has 2 N–H and O–H groups in total. The van der Waals surface area contributed by atoms with Crippen molar-refractivity contribution >= 4 is 11.9 Å². The molecule has 0 aromatic rings. The van der Waals surface area contributed by atoms with Gasteiger partial charge in [-0.05, 0) is 31.7 Å². The van der Waals surface area contributed by atoms with Gasteiger partial charge >= 0.3 is 12.1 Å². The minimum atomic E-state index is -4.29. The fourth-order valence-electron chi connectivity index (χ4n) is 2.65. The van der Waals surface area contributed by atoms with Gasteiger partial charge in [-0.3, -0.25) is 9.69 Å². The third-order valence-electron chi connectivity index (χ3n) is 3.60. The van der Waals surface area contributed by atoms with Gasteiger partial charge in [0, 0.05) is 6.54 Å². The number of carbonyl (C=O) groups is 2. The van der Waals surface area contributed by atoms with Gasteiger partial charge in [0.25, 0.3) is 0 Å². The molecule has 0 aromatic carbocycles. The monoisotopic (exact) mass is 324 g/mol. The van der Waals surface area contributed by atoms with Crippen molar-refractivity contribution in [2.45, 2.75) is 45.3 Å². The molecule has 1 saturated heterocycles. The number of likely N-dealkylation sites (tertiary alicyclic amines) is 1. The van der Waals surface area contributed by atoms with E-state index in [0.717, 1.165) is 0 Å². The Bertz CT molecular complexity index is 399. The molecule has 1 amide bonds. The number of hydrogen-bond donors (Lipinski definition) is 2. The van der Waals surface area contributed by atoms with Crippen LogP contribution in [0.5, 0.6) is 0 Å². The normalized spacial score (nSPS) is 21.6. The van der Waals surface area contributed by atoms with Crippen LogP contribution in [0.1, 0.15) is 33.1 Å². The van der Waals surface area contributed by atoms with E-state index in [-0.39, 0.29) is 12.5 Å². The summed E-state index contributed by atoms with van der Waals surface area (Å²) in [6.07, 6.45) is -3.02.